The monoisotopic (exact) mass is 486 g/mol. The molecule has 1 aromatic heterocycles. The maximum atomic E-state index is 13.2. The van der Waals surface area contributed by atoms with Gasteiger partial charge in [0.05, 0.1) is 16.1 Å². The number of nitrogens with one attached hydrogen (secondary N) is 1. The van der Waals surface area contributed by atoms with Crippen molar-refractivity contribution in [3.8, 4) is 0 Å². The van der Waals surface area contributed by atoms with E-state index in [9.17, 15) is 18.3 Å². The fraction of sp³-hybridized carbons (Fsp3) is 0.520. The summed E-state index contributed by atoms with van der Waals surface area (Å²) < 4.78 is 29.0. The first-order valence-corrected chi connectivity index (χ1v) is 13.5. The zero-order valence-electron chi connectivity index (χ0n) is 19.9. The number of carbonyl (C=O) groups is 1. The van der Waals surface area contributed by atoms with Crippen LogP contribution in [-0.2, 0) is 10.0 Å². The molecule has 1 aromatic carbocycles. The number of anilines is 2. The Balaban J connectivity index is 1.59. The summed E-state index contributed by atoms with van der Waals surface area (Å²) >= 11 is 0. The largest absolute Gasteiger partial charge is 0.478 e. The number of piperidine rings is 1. The lowest BCUT2D eigenvalue weighted by Gasteiger charge is -2.36. The quantitative estimate of drug-likeness (QED) is 0.581. The molecule has 3 heterocycles. The third-order valence-corrected chi connectivity index (χ3v) is 8.13. The lowest BCUT2D eigenvalue weighted by molar-refractivity contribution is 0.0696. The Hall–Kier alpha value is -2.65. The van der Waals surface area contributed by atoms with Crippen molar-refractivity contribution in [1.29, 1.82) is 0 Å². The van der Waals surface area contributed by atoms with Crippen molar-refractivity contribution in [2.24, 2.45) is 5.92 Å². The van der Waals surface area contributed by atoms with E-state index in [4.69, 9.17) is 0 Å². The molecule has 9 heteroatoms. The average molecular weight is 487 g/mol. The van der Waals surface area contributed by atoms with Crippen LogP contribution in [0.25, 0.3) is 0 Å². The third-order valence-electron chi connectivity index (χ3n) is 6.75. The van der Waals surface area contributed by atoms with Gasteiger partial charge in [-0.15, -0.1) is 0 Å². The average Bonchev–Trinajstić information content (AvgIpc) is 3.32. The van der Waals surface area contributed by atoms with Crippen LogP contribution in [0, 0.1) is 5.92 Å². The van der Waals surface area contributed by atoms with E-state index in [0.717, 1.165) is 51.1 Å². The molecule has 2 aromatic rings. The molecule has 0 amide bonds. The number of benzene rings is 1. The molecule has 2 aliphatic heterocycles. The summed E-state index contributed by atoms with van der Waals surface area (Å²) in [5.74, 6) is 0.103. The predicted octanol–water partition coefficient (Wildman–Crippen LogP) is 4.02. The predicted molar refractivity (Wildman–Crippen MR) is 133 cm³/mol. The highest BCUT2D eigenvalue weighted by Crippen LogP contribution is 2.31. The van der Waals surface area contributed by atoms with E-state index < -0.39 is 16.0 Å². The normalized spacial score (nSPS) is 19.5. The van der Waals surface area contributed by atoms with E-state index in [0.29, 0.717) is 17.7 Å². The van der Waals surface area contributed by atoms with Gasteiger partial charge < -0.3 is 14.9 Å². The van der Waals surface area contributed by atoms with Crippen molar-refractivity contribution in [3.63, 3.8) is 0 Å². The van der Waals surface area contributed by atoms with Crippen molar-refractivity contribution in [2.75, 3.05) is 42.3 Å². The highest BCUT2D eigenvalue weighted by Gasteiger charge is 2.27. The summed E-state index contributed by atoms with van der Waals surface area (Å²) in [4.78, 5) is 20.7. The van der Waals surface area contributed by atoms with Crippen molar-refractivity contribution >= 4 is 27.5 Å². The van der Waals surface area contributed by atoms with Crippen LogP contribution in [0.2, 0.25) is 0 Å². The number of hydrogen-bond donors (Lipinski definition) is 2. The first-order valence-electron chi connectivity index (χ1n) is 12.1. The Bertz CT molecular complexity index is 1110. The fourth-order valence-corrected chi connectivity index (χ4v) is 5.93. The number of rotatable bonds is 8. The molecular formula is C25H34N4O4S. The molecule has 1 atom stereocenters. The van der Waals surface area contributed by atoms with Gasteiger partial charge in [-0.25, -0.2) is 18.2 Å². The molecule has 2 N–H and O–H groups in total. The van der Waals surface area contributed by atoms with E-state index in [-0.39, 0.29) is 16.1 Å². The molecule has 2 saturated heterocycles. The van der Waals surface area contributed by atoms with Crippen molar-refractivity contribution in [2.45, 2.75) is 50.3 Å². The Morgan fingerprint density at radius 2 is 1.85 bits per heavy atom. The summed E-state index contributed by atoms with van der Waals surface area (Å²) in [5.41, 5.74) is 1.20. The second-order valence-electron chi connectivity index (χ2n) is 9.69. The lowest BCUT2D eigenvalue weighted by atomic mass is 9.97. The minimum absolute atomic E-state index is 0.0535. The molecule has 0 radical (unpaired) electrons. The fourth-order valence-electron chi connectivity index (χ4n) is 4.87. The number of aromatic nitrogens is 1. The first-order chi connectivity index (χ1) is 16.2. The molecule has 0 aliphatic carbocycles. The van der Waals surface area contributed by atoms with Crippen LogP contribution in [0.5, 0.6) is 0 Å². The van der Waals surface area contributed by atoms with Crippen LogP contribution in [0.4, 0.5) is 11.5 Å². The summed E-state index contributed by atoms with van der Waals surface area (Å²) in [6, 6.07) is 8.14. The van der Waals surface area contributed by atoms with E-state index in [1.165, 1.54) is 25.1 Å². The van der Waals surface area contributed by atoms with E-state index >= 15 is 0 Å². The first kappa shape index (κ1) is 24.5. The van der Waals surface area contributed by atoms with Crippen molar-refractivity contribution < 1.29 is 18.3 Å². The van der Waals surface area contributed by atoms with Crippen LogP contribution in [-0.4, -0.2) is 62.1 Å². The van der Waals surface area contributed by atoms with Crippen molar-refractivity contribution in [1.82, 2.24) is 9.88 Å². The molecule has 0 bridgehead atoms. The molecular weight excluding hydrogens is 452 g/mol. The maximum absolute atomic E-state index is 13.2. The summed E-state index contributed by atoms with van der Waals surface area (Å²) in [6.45, 7) is 8.94. The van der Waals surface area contributed by atoms with Crippen LogP contribution >= 0.6 is 0 Å². The van der Waals surface area contributed by atoms with Gasteiger partial charge >= 0.3 is 5.97 Å². The molecule has 0 spiro atoms. The summed E-state index contributed by atoms with van der Waals surface area (Å²) in [5, 5.41) is 9.47. The Kier molecular flexibility index (Phi) is 7.42. The van der Waals surface area contributed by atoms with Gasteiger partial charge in [0.25, 0.3) is 10.0 Å². The zero-order valence-corrected chi connectivity index (χ0v) is 20.7. The van der Waals surface area contributed by atoms with Crippen LogP contribution in [0.3, 0.4) is 0 Å². The van der Waals surface area contributed by atoms with Crippen LogP contribution in [0.15, 0.2) is 41.4 Å². The number of nitrogens with zero attached hydrogens (tertiary/aromatic N) is 3. The molecule has 2 aliphatic rings. The van der Waals surface area contributed by atoms with Gasteiger partial charge in [0.1, 0.15) is 0 Å². The van der Waals surface area contributed by atoms with E-state index in [1.807, 2.05) is 13.8 Å². The van der Waals surface area contributed by atoms with Gasteiger partial charge in [0.15, 0.2) is 5.82 Å². The van der Waals surface area contributed by atoms with Gasteiger partial charge in [-0.3, -0.25) is 4.72 Å². The Morgan fingerprint density at radius 3 is 2.50 bits per heavy atom. The minimum Gasteiger partial charge on any atom is -0.478 e. The number of hydrogen-bond acceptors (Lipinski definition) is 6. The smallest absolute Gasteiger partial charge is 0.337 e. The van der Waals surface area contributed by atoms with Gasteiger partial charge in [-0.2, -0.15) is 0 Å². The number of aromatic carboxylic acids is 1. The summed E-state index contributed by atoms with van der Waals surface area (Å²) in [6.07, 6.45) is 5.92. The maximum Gasteiger partial charge on any atom is 0.337 e. The highest BCUT2D eigenvalue weighted by atomic mass is 32.2. The number of pyridine rings is 1. The molecule has 4 rings (SSSR count). The highest BCUT2D eigenvalue weighted by molar-refractivity contribution is 7.92. The van der Waals surface area contributed by atoms with Gasteiger partial charge in [-0.1, -0.05) is 26.0 Å². The summed E-state index contributed by atoms with van der Waals surface area (Å²) in [7, 11) is -3.91. The van der Waals surface area contributed by atoms with E-state index in [1.54, 1.807) is 24.3 Å². The SMILES string of the molecule is CC(C)c1ccc(S(=O)(=O)Nc2cc(C(=O)O)cnc2N2CCC[C@H](CN3CCCC3)C2)cc1. The van der Waals surface area contributed by atoms with Gasteiger partial charge in [-0.05, 0) is 74.4 Å². The minimum atomic E-state index is -3.91. The zero-order chi connectivity index (χ0) is 24.3. The Labute approximate surface area is 202 Å². The molecule has 8 nitrogen and oxygen atoms in total. The Morgan fingerprint density at radius 1 is 1.15 bits per heavy atom. The van der Waals surface area contributed by atoms with Crippen LogP contribution in [0.1, 0.15) is 61.4 Å². The number of likely N-dealkylation sites (tertiary alicyclic amines) is 1. The van der Waals surface area contributed by atoms with E-state index in [2.05, 4.69) is 19.5 Å². The lowest BCUT2D eigenvalue weighted by Crippen LogP contribution is -2.41. The van der Waals surface area contributed by atoms with Crippen LogP contribution < -0.4 is 9.62 Å². The van der Waals surface area contributed by atoms with Gasteiger partial charge in [0.2, 0.25) is 0 Å². The topological polar surface area (TPSA) is 103 Å². The number of carboxylic acid groups (broad SMARTS) is 1. The second kappa shape index (κ2) is 10.3. The standard InChI is InChI=1S/C25H34N4O4S/c1-18(2)20-7-9-22(10-8-20)34(32,33)27-23-14-21(25(30)31)15-26-24(23)29-13-5-6-19(17-29)16-28-11-3-4-12-28/h7-10,14-15,18-19,27H,3-6,11-13,16-17H2,1-2H3,(H,30,31)/t19-/m1/s1. The van der Waals surface area contributed by atoms with Crippen molar-refractivity contribution in [3.05, 3.63) is 47.7 Å². The van der Waals surface area contributed by atoms with Gasteiger partial charge in [0, 0.05) is 25.8 Å². The molecule has 184 valence electrons. The molecule has 0 unspecified atom stereocenters. The molecule has 0 saturated carbocycles. The number of sulfonamides is 1. The third kappa shape index (κ3) is 5.70. The molecule has 34 heavy (non-hydrogen) atoms. The number of carboxylic acids is 1. The second-order valence-corrected chi connectivity index (χ2v) is 11.4. The molecule has 2 fully saturated rings.